The maximum absolute atomic E-state index is 13.6. The average Bonchev–Trinajstić information content (AvgIpc) is 3.48. The van der Waals surface area contributed by atoms with Gasteiger partial charge < -0.3 is 21.1 Å². The Bertz CT molecular complexity index is 1640. The number of nitrogen functional groups attached to an aromatic ring is 1. The van der Waals surface area contributed by atoms with Gasteiger partial charge in [-0.1, -0.05) is 24.8 Å². The summed E-state index contributed by atoms with van der Waals surface area (Å²) >= 11 is 0. The van der Waals surface area contributed by atoms with Gasteiger partial charge in [0.2, 0.25) is 5.92 Å². The van der Waals surface area contributed by atoms with Gasteiger partial charge in [-0.3, -0.25) is 9.59 Å². The minimum Gasteiger partial charge on any atom is -0.496 e. The van der Waals surface area contributed by atoms with E-state index < -0.39 is 36.0 Å². The Kier molecular flexibility index (Phi) is 6.88. The molecule has 1 aliphatic carbocycles. The molecule has 0 saturated heterocycles. The standard InChI is InChI=1S/C27H24F3N7O3/c1-14(28)25(38)34-17-6-3-15(4-7-17)22-21(23-24(31)32-13-33-37(23)36-22)16-5-8-19(20(11-16)40-2)26(39)35-18-9-10-27(29,30)12-18/h3-8,11,13,18H,1,9-10,12H2,2H3,(H,34,38)(H,35,39)(H2,31,32,33)/t18-/m0/s1. The summed E-state index contributed by atoms with van der Waals surface area (Å²) in [6, 6.07) is 10.7. The van der Waals surface area contributed by atoms with E-state index in [1.165, 1.54) is 24.1 Å². The number of benzene rings is 2. The van der Waals surface area contributed by atoms with Crippen molar-refractivity contribution in [3.63, 3.8) is 0 Å². The second-order valence-corrected chi connectivity index (χ2v) is 9.33. The van der Waals surface area contributed by atoms with Gasteiger partial charge in [0.25, 0.3) is 11.8 Å². The Hall–Kier alpha value is -4.94. The first-order valence-electron chi connectivity index (χ1n) is 12.2. The molecule has 4 aromatic rings. The molecule has 0 bridgehead atoms. The lowest BCUT2D eigenvalue weighted by atomic mass is 9.98. The van der Waals surface area contributed by atoms with Crippen molar-refractivity contribution < 1.29 is 27.5 Å². The zero-order chi connectivity index (χ0) is 28.6. The molecule has 1 atom stereocenters. The van der Waals surface area contributed by atoms with Crippen molar-refractivity contribution in [2.24, 2.45) is 0 Å². The Balaban J connectivity index is 1.53. The maximum atomic E-state index is 13.6. The van der Waals surface area contributed by atoms with Crippen LogP contribution in [0.1, 0.15) is 29.6 Å². The number of aromatic nitrogens is 4. The van der Waals surface area contributed by atoms with Crippen molar-refractivity contribution >= 4 is 28.8 Å². The van der Waals surface area contributed by atoms with Crippen LogP contribution in [-0.4, -0.2) is 50.7 Å². The van der Waals surface area contributed by atoms with Crippen molar-refractivity contribution in [3.8, 4) is 28.1 Å². The minimum absolute atomic E-state index is 0.150. The van der Waals surface area contributed by atoms with Crippen LogP contribution < -0.4 is 21.1 Å². The summed E-state index contributed by atoms with van der Waals surface area (Å²) in [5.41, 5.74) is 9.28. The molecular weight excluding hydrogens is 527 g/mol. The molecule has 13 heteroatoms. The maximum Gasteiger partial charge on any atom is 0.283 e. The number of nitrogens with zero attached hydrogens (tertiary/aromatic N) is 4. The highest BCUT2D eigenvalue weighted by Crippen LogP contribution is 2.39. The monoisotopic (exact) mass is 551 g/mol. The number of alkyl halides is 2. The number of rotatable bonds is 7. The van der Waals surface area contributed by atoms with Crippen molar-refractivity contribution in [1.29, 1.82) is 0 Å². The number of amides is 2. The van der Waals surface area contributed by atoms with E-state index in [0.29, 0.717) is 33.6 Å². The topological polar surface area (TPSA) is 137 Å². The van der Waals surface area contributed by atoms with Gasteiger partial charge in [0.1, 0.15) is 23.3 Å². The molecule has 1 saturated carbocycles. The first-order chi connectivity index (χ1) is 19.1. The summed E-state index contributed by atoms with van der Waals surface area (Å²) in [4.78, 5) is 28.6. The second kappa shape index (κ2) is 10.3. The van der Waals surface area contributed by atoms with E-state index in [4.69, 9.17) is 10.5 Å². The summed E-state index contributed by atoms with van der Waals surface area (Å²) in [5.74, 6) is -5.03. The van der Waals surface area contributed by atoms with Crippen LogP contribution in [0.4, 0.5) is 24.7 Å². The van der Waals surface area contributed by atoms with E-state index in [1.807, 2.05) is 0 Å². The molecule has 40 heavy (non-hydrogen) atoms. The smallest absolute Gasteiger partial charge is 0.283 e. The van der Waals surface area contributed by atoms with Crippen molar-refractivity contribution in [1.82, 2.24) is 25.1 Å². The molecule has 10 nitrogen and oxygen atoms in total. The molecule has 206 valence electrons. The Morgan fingerprint density at radius 3 is 2.55 bits per heavy atom. The number of halogens is 3. The number of nitrogens with one attached hydrogen (secondary N) is 2. The quantitative estimate of drug-likeness (QED) is 0.290. The number of anilines is 2. The van der Waals surface area contributed by atoms with Gasteiger partial charge in [0.15, 0.2) is 11.6 Å². The number of carbonyl (C=O) groups excluding carboxylic acids is 2. The summed E-state index contributed by atoms with van der Waals surface area (Å²) < 4.78 is 47.1. The highest BCUT2D eigenvalue weighted by molar-refractivity contribution is 6.02. The van der Waals surface area contributed by atoms with Gasteiger partial charge in [-0.05, 0) is 36.2 Å². The summed E-state index contributed by atoms with van der Waals surface area (Å²) in [6.45, 7) is 2.97. The minimum atomic E-state index is -2.79. The van der Waals surface area contributed by atoms with Crippen LogP contribution in [0.3, 0.4) is 0 Å². The molecule has 0 aliphatic heterocycles. The fourth-order valence-electron chi connectivity index (χ4n) is 4.68. The molecule has 2 heterocycles. The van der Waals surface area contributed by atoms with Crippen LogP contribution in [0.5, 0.6) is 5.75 Å². The van der Waals surface area contributed by atoms with Gasteiger partial charge in [0.05, 0.1) is 12.7 Å². The summed E-state index contributed by atoms with van der Waals surface area (Å²) in [6.07, 6.45) is 0.768. The molecule has 2 aromatic heterocycles. The number of carbonyl (C=O) groups is 2. The Morgan fingerprint density at radius 2 is 1.90 bits per heavy atom. The Labute approximate surface area is 226 Å². The molecule has 0 unspecified atom stereocenters. The normalized spacial score (nSPS) is 16.1. The SMILES string of the molecule is C=C(F)C(=O)Nc1ccc(-c2nn3ncnc(N)c3c2-c2ccc(C(=O)N[C@H]3CCC(F)(F)C3)c(OC)c2)cc1. The largest absolute Gasteiger partial charge is 0.496 e. The van der Waals surface area contributed by atoms with E-state index in [0.717, 1.165) is 0 Å². The number of ether oxygens (including phenoxy) is 1. The molecule has 0 spiro atoms. The number of fused-ring (bicyclic) bond motifs is 1. The third kappa shape index (κ3) is 5.17. The lowest BCUT2D eigenvalue weighted by molar-refractivity contribution is -0.114. The molecule has 4 N–H and O–H groups in total. The lowest BCUT2D eigenvalue weighted by Gasteiger charge is -2.15. The van der Waals surface area contributed by atoms with E-state index in [2.05, 4.69) is 32.4 Å². The van der Waals surface area contributed by atoms with E-state index in [1.54, 1.807) is 36.4 Å². The van der Waals surface area contributed by atoms with Gasteiger partial charge >= 0.3 is 0 Å². The number of hydrogen-bond acceptors (Lipinski definition) is 7. The third-order valence-corrected chi connectivity index (χ3v) is 6.61. The van der Waals surface area contributed by atoms with Gasteiger partial charge in [0, 0.05) is 35.7 Å². The van der Waals surface area contributed by atoms with Crippen LogP contribution in [-0.2, 0) is 4.79 Å². The van der Waals surface area contributed by atoms with E-state index in [9.17, 15) is 22.8 Å². The second-order valence-electron chi connectivity index (χ2n) is 9.33. The van der Waals surface area contributed by atoms with E-state index >= 15 is 0 Å². The highest BCUT2D eigenvalue weighted by atomic mass is 19.3. The Morgan fingerprint density at radius 1 is 1.18 bits per heavy atom. The van der Waals surface area contributed by atoms with Gasteiger partial charge in [-0.15, -0.1) is 14.8 Å². The summed E-state index contributed by atoms with van der Waals surface area (Å²) in [5, 5.41) is 13.8. The van der Waals surface area contributed by atoms with Crippen molar-refractivity contribution in [3.05, 3.63) is 66.8 Å². The predicted octanol–water partition coefficient (Wildman–Crippen LogP) is 4.39. The highest BCUT2D eigenvalue weighted by Gasteiger charge is 2.40. The predicted molar refractivity (Wildman–Crippen MR) is 142 cm³/mol. The molecule has 5 rings (SSSR count). The fraction of sp³-hybridized carbons (Fsp3) is 0.222. The third-order valence-electron chi connectivity index (χ3n) is 6.61. The first-order valence-corrected chi connectivity index (χ1v) is 12.2. The first kappa shape index (κ1) is 26.7. The van der Waals surface area contributed by atoms with Crippen molar-refractivity contribution in [2.75, 3.05) is 18.2 Å². The van der Waals surface area contributed by atoms with Crippen LogP contribution >= 0.6 is 0 Å². The van der Waals surface area contributed by atoms with Crippen LogP contribution in [0, 0.1) is 0 Å². The van der Waals surface area contributed by atoms with Gasteiger partial charge in [-0.25, -0.2) is 18.2 Å². The molecular formula is C27H24F3N7O3. The fourth-order valence-corrected chi connectivity index (χ4v) is 4.68. The number of hydrogen-bond donors (Lipinski definition) is 3. The van der Waals surface area contributed by atoms with Gasteiger partial charge in [-0.2, -0.15) is 0 Å². The lowest BCUT2D eigenvalue weighted by Crippen LogP contribution is -2.34. The van der Waals surface area contributed by atoms with E-state index in [-0.39, 0.29) is 30.0 Å². The average molecular weight is 552 g/mol. The molecule has 2 amide bonds. The molecule has 1 aliphatic rings. The van der Waals surface area contributed by atoms with Crippen LogP contribution in [0.25, 0.3) is 27.9 Å². The zero-order valence-electron chi connectivity index (χ0n) is 21.2. The van der Waals surface area contributed by atoms with Crippen LogP contribution in [0.15, 0.2) is 61.2 Å². The zero-order valence-corrected chi connectivity index (χ0v) is 21.2. The molecule has 0 radical (unpaired) electrons. The number of nitrogens with two attached hydrogens (primary N) is 1. The molecule has 2 aromatic carbocycles. The number of methoxy groups -OCH3 is 1. The van der Waals surface area contributed by atoms with Crippen molar-refractivity contribution in [2.45, 2.75) is 31.2 Å². The molecule has 1 fully saturated rings. The van der Waals surface area contributed by atoms with Crippen LogP contribution in [0.2, 0.25) is 0 Å². The summed E-state index contributed by atoms with van der Waals surface area (Å²) in [7, 11) is 1.40.